The summed E-state index contributed by atoms with van der Waals surface area (Å²) in [4.78, 5) is 1.51. The molecular formula is C14H22BrNS. The molecule has 2 rings (SSSR count). The smallest absolute Gasteiger partial charge is 0.0285 e. The summed E-state index contributed by atoms with van der Waals surface area (Å²) in [7, 11) is 0. The summed E-state index contributed by atoms with van der Waals surface area (Å²) >= 11 is 5.43. The van der Waals surface area contributed by atoms with Crippen molar-refractivity contribution in [3.8, 4) is 0 Å². The fraction of sp³-hybridized carbons (Fsp3) is 0.714. The number of halogens is 1. The van der Waals surface area contributed by atoms with Crippen molar-refractivity contribution in [2.45, 2.75) is 46.1 Å². The predicted octanol–water partition coefficient (Wildman–Crippen LogP) is 4.47. The summed E-state index contributed by atoms with van der Waals surface area (Å²) in [6.07, 6.45) is 4.05. The van der Waals surface area contributed by atoms with Crippen molar-refractivity contribution < 1.29 is 0 Å². The van der Waals surface area contributed by atoms with Gasteiger partial charge in [0.15, 0.2) is 0 Å². The minimum Gasteiger partial charge on any atom is -0.314 e. The second kappa shape index (κ2) is 5.41. The Kier molecular flexibility index (Phi) is 4.32. The van der Waals surface area contributed by atoms with Gasteiger partial charge in [0.25, 0.3) is 0 Å². The van der Waals surface area contributed by atoms with E-state index in [2.05, 4.69) is 53.5 Å². The van der Waals surface area contributed by atoms with E-state index in [0.717, 1.165) is 12.5 Å². The third-order valence-electron chi connectivity index (χ3n) is 3.68. The molecule has 0 spiro atoms. The molecule has 1 heterocycles. The van der Waals surface area contributed by atoms with E-state index in [-0.39, 0.29) is 0 Å². The number of nitrogens with one attached hydrogen (secondary N) is 1. The van der Waals surface area contributed by atoms with Gasteiger partial charge in [-0.25, -0.2) is 0 Å². The van der Waals surface area contributed by atoms with Crippen LogP contribution in [-0.2, 0) is 6.42 Å². The molecule has 1 fully saturated rings. The second-order valence-corrected chi connectivity index (χ2v) is 7.78. The van der Waals surface area contributed by atoms with Gasteiger partial charge < -0.3 is 5.32 Å². The van der Waals surface area contributed by atoms with Crippen LogP contribution in [0.15, 0.2) is 15.9 Å². The van der Waals surface area contributed by atoms with Crippen LogP contribution in [0.3, 0.4) is 0 Å². The zero-order valence-electron chi connectivity index (χ0n) is 10.9. The topological polar surface area (TPSA) is 12.0 Å². The molecule has 0 bridgehead atoms. The van der Waals surface area contributed by atoms with E-state index in [4.69, 9.17) is 0 Å². The number of hydrogen-bond donors (Lipinski definition) is 1. The first kappa shape index (κ1) is 13.6. The third kappa shape index (κ3) is 3.80. The van der Waals surface area contributed by atoms with Gasteiger partial charge in [-0.2, -0.15) is 0 Å². The number of hydrogen-bond acceptors (Lipinski definition) is 2. The van der Waals surface area contributed by atoms with Crippen molar-refractivity contribution in [2.24, 2.45) is 11.3 Å². The minimum atomic E-state index is 0.439. The van der Waals surface area contributed by atoms with Crippen LogP contribution in [0.25, 0.3) is 0 Å². The van der Waals surface area contributed by atoms with Gasteiger partial charge in [0.05, 0.1) is 0 Å². The lowest BCUT2D eigenvalue weighted by molar-refractivity contribution is 0.250. The maximum absolute atomic E-state index is 3.63. The SMILES string of the molecule is CC(C)NCC(C)(Cc1cc(Br)cs1)C1CC1. The second-order valence-electron chi connectivity index (χ2n) is 5.87. The summed E-state index contributed by atoms with van der Waals surface area (Å²) in [5, 5.41) is 5.82. The molecule has 1 unspecified atom stereocenters. The highest BCUT2D eigenvalue weighted by Gasteiger charge is 2.41. The van der Waals surface area contributed by atoms with E-state index >= 15 is 0 Å². The highest BCUT2D eigenvalue weighted by atomic mass is 79.9. The Hall–Kier alpha value is 0.140. The molecule has 96 valence electrons. The standard InChI is InChI=1S/C14H22BrNS/c1-10(2)16-9-14(3,11-4-5-11)7-13-6-12(15)8-17-13/h6,8,10-11,16H,4-5,7,9H2,1-3H3. The highest BCUT2D eigenvalue weighted by Crippen LogP contribution is 2.47. The quantitative estimate of drug-likeness (QED) is 0.816. The lowest BCUT2D eigenvalue weighted by atomic mass is 9.80. The van der Waals surface area contributed by atoms with Crippen molar-refractivity contribution in [2.75, 3.05) is 6.54 Å². The van der Waals surface area contributed by atoms with Crippen LogP contribution in [0.4, 0.5) is 0 Å². The Morgan fingerprint density at radius 3 is 2.71 bits per heavy atom. The molecular weight excluding hydrogens is 294 g/mol. The van der Waals surface area contributed by atoms with Crippen LogP contribution in [-0.4, -0.2) is 12.6 Å². The molecule has 3 heteroatoms. The van der Waals surface area contributed by atoms with Gasteiger partial charge in [0, 0.05) is 27.3 Å². The van der Waals surface area contributed by atoms with E-state index in [0.29, 0.717) is 11.5 Å². The van der Waals surface area contributed by atoms with E-state index in [1.807, 2.05) is 11.3 Å². The Morgan fingerprint density at radius 2 is 2.24 bits per heavy atom. The maximum Gasteiger partial charge on any atom is 0.0285 e. The summed E-state index contributed by atoms with van der Waals surface area (Å²) in [5.74, 6) is 0.926. The van der Waals surface area contributed by atoms with Crippen LogP contribution in [0, 0.1) is 11.3 Å². The summed E-state index contributed by atoms with van der Waals surface area (Å²) < 4.78 is 1.23. The van der Waals surface area contributed by atoms with Crippen LogP contribution in [0.1, 0.15) is 38.5 Å². The molecule has 1 saturated carbocycles. The first-order valence-corrected chi connectivity index (χ1v) is 8.13. The molecule has 17 heavy (non-hydrogen) atoms. The zero-order chi connectivity index (χ0) is 12.5. The van der Waals surface area contributed by atoms with Crippen molar-refractivity contribution >= 4 is 27.3 Å². The molecule has 0 amide bonds. The number of thiophene rings is 1. The van der Waals surface area contributed by atoms with Crippen molar-refractivity contribution in [1.29, 1.82) is 0 Å². The molecule has 1 N–H and O–H groups in total. The molecule has 0 aromatic carbocycles. The van der Waals surface area contributed by atoms with E-state index in [9.17, 15) is 0 Å². The maximum atomic E-state index is 3.63. The highest BCUT2D eigenvalue weighted by molar-refractivity contribution is 9.10. The van der Waals surface area contributed by atoms with Crippen molar-refractivity contribution in [3.63, 3.8) is 0 Å². The van der Waals surface area contributed by atoms with Gasteiger partial charge in [-0.3, -0.25) is 0 Å². The van der Waals surface area contributed by atoms with Crippen LogP contribution in [0.5, 0.6) is 0 Å². The lowest BCUT2D eigenvalue weighted by Crippen LogP contribution is -2.38. The molecule has 1 aliphatic carbocycles. The molecule has 0 radical (unpaired) electrons. The van der Waals surface area contributed by atoms with E-state index in [1.54, 1.807) is 0 Å². The minimum absolute atomic E-state index is 0.439. The first-order valence-electron chi connectivity index (χ1n) is 6.46. The average molecular weight is 316 g/mol. The normalized spacial score (nSPS) is 19.6. The van der Waals surface area contributed by atoms with Gasteiger partial charge in [-0.05, 0) is 52.6 Å². The Labute approximate surface area is 117 Å². The van der Waals surface area contributed by atoms with E-state index < -0.39 is 0 Å². The third-order valence-corrected chi connectivity index (χ3v) is 5.37. The van der Waals surface area contributed by atoms with Gasteiger partial charge in [0.2, 0.25) is 0 Å². The monoisotopic (exact) mass is 315 g/mol. The Bertz CT molecular complexity index is 370. The fourth-order valence-electron chi connectivity index (χ4n) is 2.41. The van der Waals surface area contributed by atoms with Crippen LogP contribution >= 0.6 is 27.3 Å². The average Bonchev–Trinajstić information content (AvgIpc) is 3.02. The van der Waals surface area contributed by atoms with Gasteiger partial charge in [-0.1, -0.05) is 20.8 Å². The van der Waals surface area contributed by atoms with Gasteiger partial charge >= 0.3 is 0 Å². The molecule has 1 atom stereocenters. The zero-order valence-corrected chi connectivity index (χ0v) is 13.3. The van der Waals surface area contributed by atoms with Crippen LogP contribution < -0.4 is 5.32 Å². The molecule has 1 aliphatic rings. The largest absolute Gasteiger partial charge is 0.314 e. The van der Waals surface area contributed by atoms with Crippen molar-refractivity contribution in [1.82, 2.24) is 5.32 Å². The van der Waals surface area contributed by atoms with E-state index in [1.165, 1.54) is 28.6 Å². The predicted molar refractivity (Wildman–Crippen MR) is 79.7 cm³/mol. The molecule has 0 aliphatic heterocycles. The number of rotatable bonds is 6. The molecule has 1 aromatic heterocycles. The summed E-state index contributed by atoms with van der Waals surface area (Å²) in [5.41, 5.74) is 0.439. The van der Waals surface area contributed by atoms with Crippen molar-refractivity contribution in [3.05, 3.63) is 20.8 Å². The fourth-order valence-corrected chi connectivity index (χ4v) is 4.06. The van der Waals surface area contributed by atoms with Gasteiger partial charge in [0.1, 0.15) is 0 Å². The molecule has 1 aromatic rings. The van der Waals surface area contributed by atoms with Crippen LogP contribution in [0.2, 0.25) is 0 Å². The Morgan fingerprint density at radius 1 is 1.53 bits per heavy atom. The Balaban J connectivity index is 2.00. The first-order chi connectivity index (χ1) is 7.99. The lowest BCUT2D eigenvalue weighted by Gasteiger charge is -2.31. The molecule has 1 nitrogen and oxygen atoms in total. The molecule has 0 saturated heterocycles. The summed E-state index contributed by atoms with van der Waals surface area (Å²) in [6.45, 7) is 8.06. The van der Waals surface area contributed by atoms with Gasteiger partial charge in [-0.15, -0.1) is 11.3 Å². The summed E-state index contributed by atoms with van der Waals surface area (Å²) in [6, 6.07) is 2.86.